The van der Waals surface area contributed by atoms with Crippen molar-refractivity contribution < 1.29 is 47.6 Å². The lowest BCUT2D eigenvalue weighted by molar-refractivity contribution is 0.0985. The summed E-state index contributed by atoms with van der Waals surface area (Å²) in [6, 6.07) is 17.3. The number of nitrogens with one attached hydrogen (secondary N) is 2. The highest BCUT2D eigenvalue weighted by Gasteiger charge is 2.38. The summed E-state index contributed by atoms with van der Waals surface area (Å²) >= 11 is 0. The van der Waals surface area contributed by atoms with E-state index < -0.39 is 0 Å². The molecule has 12 aliphatic rings. The summed E-state index contributed by atoms with van der Waals surface area (Å²) in [6.45, 7) is 22.7. The second-order valence-corrected chi connectivity index (χ2v) is 33.4. The van der Waals surface area contributed by atoms with Crippen LogP contribution in [0, 0.1) is 0 Å². The summed E-state index contributed by atoms with van der Waals surface area (Å²) in [5.41, 5.74) is 16.7. The number of ether oxygens (including phenoxy) is 6. The van der Waals surface area contributed by atoms with E-state index in [1.807, 2.05) is 58.9 Å². The first-order valence-electron chi connectivity index (χ1n) is 43.7. The van der Waals surface area contributed by atoms with Crippen LogP contribution in [-0.2, 0) is 54.1 Å². The van der Waals surface area contributed by atoms with Crippen molar-refractivity contribution in [3.8, 4) is 45.6 Å². The summed E-state index contributed by atoms with van der Waals surface area (Å²) in [4.78, 5) is 123. The molecular weight excluding hydrogens is 1570 g/mol. The van der Waals surface area contributed by atoms with Gasteiger partial charge in [0.1, 0.15) is 23.3 Å². The van der Waals surface area contributed by atoms with Crippen LogP contribution in [0.1, 0.15) is 145 Å². The van der Waals surface area contributed by atoms with Gasteiger partial charge in [-0.15, -0.1) is 0 Å². The number of morpholine rings is 4. The Balaban J connectivity index is 0.000000117. The lowest BCUT2D eigenvalue weighted by Gasteiger charge is -2.34. The first kappa shape index (κ1) is 84.2. The molecule has 8 fully saturated rings. The normalized spacial score (nSPS) is 22.6. The van der Waals surface area contributed by atoms with E-state index in [0.29, 0.717) is 104 Å². The van der Waals surface area contributed by atoms with Crippen LogP contribution in [0.4, 0.5) is 42.4 Å². The molecule has 6 amide bonds. The second-order valence-electron chi connectivity index (χ2n) is 33.4. The number of urea groups is 2. The standard InChI is InChI=1S/2C23H28N6O2.2C23H27N5O3/c2*1-15-14-31-11-10-29(15)21-12-20(16-7-9-28(13-16)23(30)24-2)26-22(27-21)18-6-8-25-19-5-3-4-17(18)19;2*1-15-14-31-11-10-28(15)21-12-20(16-7-9-27(13-16)23(29)30-2)25-22(26-21)18-6-8-24-19-5-3-4-17(18)19/h2*3-4,6,8,12,15-16H,5,7,9-11,13-14H2,1-2H3,(H,24,30);2*3-4,6,8,12,15-16H,5,7,9-11,13-14H2,1-2H3/t15-,16+;15-,16-;15-,16+;15-,16-/m1111/s1. The Morgan fingerprint density at radius 3 is 0.847 bits per heavy atom. The van der Waals surface area contributed by atoms with Crippen molar-refractivity contribution in [1.29, 1.82) is 0 Å². The van der Waals surface area contributed by atoms with E-state index in [0.717, 1.165) is 216 Å². The van der Waals surface area contributed by atoms with Crippen LogP contribution < -0.4 is 30.2 Å². The SMILES string of the molecule is CNC(=O)N1CC[C@@H](c2cc(N3CCOC[C@H]3C)nc(-c3ccnc4c3C=CC4)n2)C1.CNC(=O)N1CC[C@H](c2cc(N3CCOC[C@H]3C)nc(-c3ccnc4c3C=CC4)n2)C1.COC(=O)N1CC[C@@H](c2cc(N3CCOC[C@H]3C)nc(-c3ccnc4c3C=CC4)n2)C1.COC(=O)N1CC[C@H](c2cc(N3CCOC[C@H]3C)nc(-c3ccnc4c3C=CC4)n2)C1. The summed E-state index contributed by atoms with van der Waals surface area (Å²) < 4.78 is 32.4. The maximum absolute atomic E-state index is 12.1. The number of hydrogen-bond acceptors (Lipinski definition) is 26. The molecule has 32 heteroatoms. The molecule has 20 rings (SSSR count). The third-order valence-corrected chi connectivity index (χ3v) is 25.5. The average Bonchev–Trinajstić information content (AvgIpc) is 1.53. The Hall–Kier alpha value is -12.0. The van der Waals surface area contributed by atoms with Gasteiger partial charge in [0.2, 0.25) is 0 Å². The van der Waals surface area contributed by atoms with Gasteiger partial charge in [0.05, 0.1) is 137 Å². The highest BCUT2D eigenvalue weighted by molar-refractivity contribution is 5.80. The monoisotopic (exact) mass is 1680 g/mol. The Kier molecular flexibility index (Phi) is 25.8. The van der Waals surface area contributed by atoms with Gasteiger partial charge in [-0.05, 0) is 77.6 Å². The quantitative estimate of drug-likeness (QED) is 0.115. The molecule has 16 heterocycles. The number of likely N-dealkylation sites (tertiary alicyclic amines) is 4. The largest absolute Gasteiger partial charge is 0.453 e. The van der Waals surface area contributed by atoms with E-state index in [9.17, 15) is 19.2 Å². The smallest absolute Gasteiger partial charge is 0.409 e. The maximum Gasteiger partial charge on any atom is 0.409 e. The number of anilines is 4. The first-order chi connectivity index (χ1) is 60.5. The van der Waals surface area contributed by atoms with Crippen LogP contribution >= 0.6 is 0 Å². The summed E-state index contributed by atoms with van der Waals surface area (Å²) in [5.74, 6) is 7.29. The molecule has 648 valence electrons. The number of methoxy groups -OCH3 is 2. The van der Waals surface area contributed by atoms with E-state index in [1.165, 1.54) is 14.2 Å². The molecule has 0 saturated carbocycles. The molecule has 0 bridgehead atoms. The third kappa shape index (κ3) is 18.2. The van der Waals surface area contributed by atoms with Crippen LogP contribution in [0.2, 0.25) is 0 Å². The van der Waals surface area contributed by atoms with Crippen LogP contribution in [0.5, 0.6) is 0 Å². The lowest BCUT2D eigenvalue weighted by atomic mass is 10.0. The molecule has 0 aromatic carbocycles. The van der Waals surface area contributed by atoms with Gasteiger partial charge in [0.15, 0.2) is 23.3 Å². The van der Waals surface area contributed by atoms with Crippen molar-refractivity contribution in [3.63, 3.8) is 0 Å². The number of hydrogen-bond donors (Lipinski definition) is 2. The molecule has 8 aliphatic heterocycles. The molecule has 8 aromatic rings. The van der Waals surface area contributed by atoms with Crippen molar-refractivity contribution in [1.82, 2.24) is 90.0 Å². The number of allylic oxidation sites excluding steroid dienone is 4. The second kappa shape index (κ2) is 38.0. The number of carbonyl (C=O) groups excluding carboxylic acids is 4. The number of aromatic nitrogens is 12. The predicted molar refractivity (Wildman–Crippen MR) is 472 cm³/mol. The predicted octanol–water partition coefficient (Wildman–Crippen LogP) is 10.7. The highest BCUT2D eigenvalue weighted by atomic mass is 16.5. The van der Waals surface area contributed by atoms with Crippen molar-refractivity contribution >= 4 is 71.8 Å². The fourth-order valence-corrected chi connectivity index (χ4v) is 18.7. The van der Waals surface area contributed by atoms with Gasteiger partial charge < -0.3 is 78.3 Å². The first-order valence-corrected chi connectivity index (χ1v) is 43.7. The minimum Gasteiger partial charge on any atom is -0.453 e. The van der Waals surface area contributed by atoms with Gasteiger partial charge in [-0.25, -0.2) is 59.0 Å². The van der Waals surface area contributed by atoms with Gasteiger partial charge in [0.25, 0.3) is 0 Å². The molecule has 124 heavy (non-hydrogen) atoms. The van der Waals surface area contributed by atoms with Gasteiger partial charge >= 0.3 is 24.2 Å². The number of pyridine rings is 4. The van der Waals surface area contributed by atoms with Crippen molar-refractivity contribution in [2.24, 2.45) is 0 Å². The zero-order valence-corrected chi connectivity index (χ0v) is 72.0. The van der Waals surface area contributed by atoms with Gasteiger partial charge in [-0.2, -0.15) is 0 Å². The molecule has 4 aliphatic carbocycles. The zero-order valence-electron chi connectivity index (χ0n) is 72.0. The van der Waals surface area contributed by atoms with Crippen LogP contribution in [0.3, 0.4) is 0 Å². The summed E-state index contributed by atoms with van der Waals surface area (Å²) in [7, 11) is 6.20. The Labute approximate surface area is 723 Å². The fourth-order valence-electron chi connectivity index (χ4n) is 18.7. The minimum absolute atomic E-state index is 0.0316. The number of nitrogens with zero attached hydrogens (tertiary/aromatic N) is 20. The number of fused-ring (bicyclic) bond motifs is 4. The van der Waals surface area contributed by atoms with Crippen molar-refractivity contribution in [3.05, 3.63) is 165 Å². The Morgan fingerprint density at radius 1 is 0.355 bits per heavy atom. The molecule has 0 spiro atoms. The molecule has 8 aromatic heterocycles. The molecule has 0 radical (unpaired) electrons. The Bertz CT molecular complexity index is 4750. The van der Waals surface area contributed by atoms with E-state index >= 15 is 0 Å². The van der Waals surface area contributed by atoms with E-state index in [-0.39, 0.29) is 72.1 Å². The number of carbonyl (C=O) groups is 4. The topological polar surface area (TPSA) is 328 Å². The molecule has 8 atom stereocenters. The minimum atomic E-state index is -0.282. The van der Waals surface area contributed by atoms with E-state index in [1.54, 1.807) is 23.9 Å². The van der Waals surface area contributed by atoms with Gasteiger partial charge in [-0.1, -0.05) is 48.6 Å². The molecular formula is C92H110N22O10. The molecule has 8 saturated heterocycles. The fraction of sp³-hybridized carbons (Fsp3) is 0.478. The average molecular weight is 1680 g/mol. The zero-order chi connectivity index (χ0) is 85.5. The molecule has 2 N–H and O–H groups in total. The van der Waals surface area contributed by atoms with Crippen LogP contribution in [0.25, 0.3) is 69.9 Å². The lowest BCUT2D eigenvalue weighted by Crippen LogP contribution is -2.44. The van der Waals surface area contributed by atoms with Gasteiger partial charge in [0, 0.05) is 236 Å². The Morgan fingerprint density at radius 2 is 0.605 bits per heavy atom. The van der Waals surface area contributed by atoms with Crippen molar-refractivity contribution in [2.45, 2.75) is 127 Å². The summed E-state index contributed by atoms with van der Waals surface area (Å²) in [5, 5.41) is 5.46. The molecule has 32 nitrogen and oxygen atoms in total. The number of amides is 6. The van der Waals surface area contributed by atoms with Crippen molar-refractivity contribution in [2.75, 3.05) is 179 Å². The summed E-state index contributed by atoms with van der Waals surface area (Å²) in [6.07, 6.45) is 30.7. The van der Waals surface area contributed by atoms with E-state index in [2.05, 4.69) is 151 Å². The highest BCUT2D eigenvalue weighted by Crippen LogP contribution is 2.41. The molecule has 0 unspecified atom stereocenters. The number of rotatable bonds is 12. The third-order valence-electron chi connectivity index (χ3n) is 25.5. The van der Waals surface area contributed by atoms with Gasteiger partial charge in [-0.3, -0.25) is 19.9 Å². The van der Waals surface area contributed by atoms with Crippen LogP contribution in [0.15, 0.2) is 97.6 Å². The maximum atomic E-state index is 12.1. The van der Waals surface area contributed by atoms with E-state index in [4.69, 9.17) is 68.3 Å². The van der Waals surface area contributed by atoms with Crippen LogP contribution in [-0.4, -0.2) is 288 Å².